The van der Waals surface area contributed by atoms with Crippen LogP contribution in [0.1, 0.15) is 18.4 Å². The molecule has 0 saturated carbocycles. The lowest BCUT2D eigenvalue weighted by Crippen LogP contribution is -2.25. The highest BCUT2D eigenvalue weighted by molar-refractivity contribution is 5.27. The molecule has 0 radical (unpaired) electrons. The Morgan fingerprint density at radius 3 is 2.89 bits per heavy atom. The molecule has 2 rings (SSSR count). The van der Waals surface area contributed by atoms with Gasteiger partial charge in [0.25, 0.3) is 0 Å². The molecule has 18 heavy (non-hydrogen) atoms. The number of hydrogen-bond acceptors (Lipinski definition) is 3. The summed E-state index contributed by atoms with van der Waals surface area (Å²) < 4.78 is 24.7. The van der Waals surface area contributed by atoms with E-state index >= 15 is 0 Å². The van der Waals surface area contributed by atoms with Crippen molar-refractivity contribution < 1.29 is 13.9 Å². The average Bonchev–Trinajstić information content (AvgIpc) is 2.79. The third-order valence-electron chi connectivity index (χ3n) is 3.21. The van der Waals surface area contributed by atoms with Gasteiger partial charge in [-0.05, 0) is 38.4 Å². The molecule has 0 aliphatic carbocycles. The van der Waals surface area contributed by atoms with Crippen LogP contribution in [0.4, 0.5) is 4.39 Å². The number of ether oxygens (including phenoxy) is 2. The minimum absolute atomic E-state index is 0.118. The van der Waals surface area contributed by atoms with E-state index < -0.39 is 0 Å². The summed E-state index contributed by atoms with van der Waals surface area (Å²) >= 11 is 0. The molecule has 0 amide bonds. The fourth-order valence-corrected chi connectivity index (χ4v) is 2.13. The van der Waals surface area contributed by atoms with Gasteiger partial charge in [-0.3, -0.25) is 0 Å². The van der Waals surface area contributed by atoms with Crippen molar-refractivity contribution in [1.82, 2.24) is 5.32 Å². The van der Waals surface area contributed by atoms with Gasteiger partial charge in [0.1, 0.15) is 18.2 Å². The Morgan fingerprint density at radius 2 is 2.17 bits per heavy atom. The summed E-state index contributed by atoms with van der Waals surface area (Å²) in [6.45, 7) is 3.10. The first-order valence-electron chi connectivity index (χ1n) is 6.38. The first-order valence-corrected chi connectivity index (χ1v) is 6.38. The van der Waals surface area contributed by atoms with Crippen LogP contribution in [0.2, 0.25) is 0 Å². The molecule has 1 heterocycles. The van der Waals surface area contributed by atoms with Crippen molar-refractivity contribution >= 4 is 0 Å². The summed E-state index contributed by atoms with van der Waals surface area (Å²) in [5.74, 6) is 0.340. The van der Waals surface area contributed by atoms with E-state index in [0.29, 0.717) is 17.9 Å². The second kappa shape index (κ2) is 6.16. The largest absolute Gasteiger partial charge is 0.491 e. The van der Waals surface area contributed by atoms with Crippen molar-refractivity contribution in [3.63, 3.8) is 0 Å². The van der Waals surface area contributed by atoms with E-state index in [1.54, 1.807) is 19.1 Å². The monoisotopic (exact) mass is 253 g/mol. The van der Waals surface area contributed by atoms with Crippen LogP contribution < -0.4 is 10.1 Å². The molecule has 1 aliphatic heterocycles. The Balaban J connectivity index is 1.80. The van der Waals surface area contributed by atoms with E-state index in [1.165, 1.54) is 6.07 Å². The molecule has 1 aromatic rings. The number of nitrogens with one attached hydrogen (secondary N) is 1. The van der Waals surface area contributed by atoms with Crippen LogP contribution >= 0.6 is 0 Å². The van der Waals surface area contributed by atoms with Gasteiger partial charge in [0, 0.05) is 12.6 Å². The zero-order chi connectivity index (χ0) is 13.0. The third-order valence-corrected chi connectivity index (χ3v) is 3.21. The van der Waals surface area contributed by atoms with Gasteiger partial charge in [-0.1, -0.05) is 6.07 Å². The standard InChI is InChI=1S/C14H20FNO2/c1-10-3-4-11(7-14(10)15)17-9-13-6-5-12(18-13)8-16-2/h3-4,7,12-13,16H,5-6,8-9H2,1-2H3. The molecule has 2 unspecified atom stereocenters. The molecule has 3 nitrogen and oxygen atoms in total. The normalized spacial score (nSPS) is 23.3. The van der Waals surface area contributed by atoms with Crippen LogP contribution in [0, 0.1) is 12.7 Å². The summed E-state index contributed by atoms with van der Waals surface area (Å²) in [5.41, 5.74) is 0.633. The van der Waals surface area contributed by atoms with Crippen LogP contribution in [0.15, 0.2) is 18.2 Å². The van der Waals surface area contributed by atoms with Crippen molar-refractivity contribution in [1.29, 1.82) is 0 Å². The fraction of sp³-hybridized carbons (Fsp3) is 0.571. The predicted octanol–water partition coefficient (Wildman–Crippen LogP) is 2.28. The van der Waals surface area contributed by atoms with E-state index in [4.69, 9.17) is 9.47 Å². The predicted molar refractivity (Wildman–Crippen MR) is 68.5 cm³/mol. The molecule has 1 aliphatic rings. The van der Waals surface area contributed by atoms with E-state index in [0.717, 1.165) is 19.4 Å². The number of hydrogen-bond donors (Lipinski definition) is 1. The van der Waals surface area contributed by atoms with E-state index in [1.807, 2.05) is 7.05 Å². The molecule has 2 atom stereocenters. The fourth-order valence-electron chi connectivity index (χ4n) is 2.13. The molecule has 0 aromatic heterocycles. The van der Waals surface area contributed by atoms with Gasteiger partial charge < -0.3 is 14.8 Å². The highest BCUT2D eigenvalue weighted by Crippen LogP contribution is 2.21. The number of rotatable bonds is 5. The molecule has 1 fully saturated rings. The maximum atomic E-state index is 13.3. The second-order valence-electron chi connectivity index (χ2n) is 4.74. The highest BCUT2D eigenvalue weighted by Gasteiger charge is 2.25. The number of likely N-dealkylation sites (N-methyl/N-ethyl adjacent to an activating group) is 1. The minimum Gasteiger partial charge on any atom is -0.491 e. The van der Waals surface area contributed by atoms with Gasteiger partial charge in [-0.2, -0.15) is 0 Å². The van der Waals surface area contributed by atoms with Crippen LogP contribution in [-0.4, -0.2) is 32.4 Å². The van der Waals surface area contributed by atoms with Crippen LogP contribution in [0.3, 0.4) is 0 Å². The molecule has 100 valence electrons. The lowest BCUT2D eigenvalue weighted by Gasteiger charge is -2.14. The minimum atomic E-state index is -0.229. The molecular formula is C14H20FNO2. The number of halogens is 1. The maximum absolute atomic E-state index is 13.3. The Hall–Kier alpha value is -1.13. The molecule has 4 heteroatoms. The van der Waals surface area contributed by atoms with Crippen LogP contribution in [-0.2, 0) is 4.74 Å². The van der Waals surface area contributed by atoms with E-state index in [2.05, 4.69) is 5.32 Å². The van der Waals surface area contributed by atoms with Gasteiger partial charge in [-0.15, -0.1) is 0 Å². The van der Waals surface area contributed by atoms with E-state index in [9.17, 15) is 4.39 Å². The maximum Gasteiger partial charge on any atom is 0.129 e. The van der Waals surface area contributed by atoms with Crippen LogP contribution in [0.5, 0.6) is 5.75 Å². The van der Waals surface area contributed by atoms with Gasteiger partial charge in [0.2, 0.25) is 0 Å². The van der Waals surface area contributed by atoms with Crippen LogP contribution in [0.25, 0.3) is 0 Å². The highest BCUT2D eigenvalue weighted by atomic mass is 19.1. The summed E-state index contributed by atoms with van der Waals surface area (Å²) in [6, 6.07) is 4.94. The third kappa shape index (κ3) is 3.43. The van der Waals surface area contributed by atoms with E-state index in [-0.39, 0.29) is 18.0 Å². The summed E-state index contributed by atoms with van der Waals surface area (Å²) in [6.07, 6.45) is 2.45. The lowest BCUT2D eigenvalue weighted by molar-refractivity contribution is 0.0193. The van der Waals surface area contributed by atoms with Crippen molar-refractivity contribution in [2.24, 2.45) is 0 Å². The zero-order valence-corrected chi connectivity index (χ0v) is 10.9. The first kappa shape index (κ1) is 13.3. The Labute approximate surface area is 107 Å². The van der Waals surface area contributed by atoms with Gasteiger partial charge >= 0.3 is 0 Å². The summed E-state index contributed by atoms with van der Waals surface area (Å²) in [4.78, 5) is 0. The number of benzene rings is 1. The van der Waals surface area contributed by atoms with Crippen molar-refractivity contribution in [2.75, 3.05) is 20.2 Å². The average molecular weight is 253 g/mol. The SMILES string of the molecule is CNCC1CCC(COc2ccc(C)c(F)c2)O1. The van der Waals surface area contributed by atoms with Crippen molar-refractivity contribution in [2.45, 2.75) is 32.0 Å². The van der Waals surface area contributed by atoms with Crippen molar-refractivity contribution in [3.8, 4) is 5.75 Å². The topological polar surface area (TPSA) is 30.5 Å². The lowest BCUT2D eigenvalue weighted by atomic mass is 10.2. The Morgan fingerprint density at radius 1 is 1.39 bits per heavy atom. The zero-order valence-electron chi connectivity index (χ0n) is 10.9. The first-order chi connectivity index (χ1) is 8.69. The van der Waals surface area contributed by atoms with Gasteiger partial charge in [0.15, 0.2) is 0 Å². The second-order valence-corrected chi connectivity index (χ2v) is 4.74. The summed E-state index contributed by atoms with van der Waals surface area (Å²) in [5, 5.41) is 3.10. The molecule has 1 aromatic carbocycles. The molecule has 0 bridgehead atoms. The summed E-state index contributed by atoms with van der Waals surface area (Å²) in [7, 11) is 1.92. The number of aryl methyl sites for hydroxylation is 1. The quantitative estimate of drug-likeness (QED) is 0.873. The molecular weight excluding hydrogens is 233 g/mol. The Kier molecular flexibility index (Phi) is 4.55. The molecule has 1 saturated heterocycles. The van der Waals surface area contributed by atoms with Crippen molar-refractivity contribution in [3.05, 3.63) is 29.6 Å². The van der Waals surface area contributed by atoms with Gasteiger partial charge in [0.05, 0.1) is 12.2 Å². The molecule has 1 N–H and O–H groups in total. The Bertz CT molecular complexity index is 397. The smallest absolute Gasteiger partial charge is 0.129 e. The molecule has 0 spiro atoms. The van der Waals surface area contributed by atoms with Gasteiger partial charge in [-0.25, -0.2) is 4.39 Å².